The van der Waals surface area contributed by atoms with Crippen LogP contribution in [0.1, 0.15) is 32.1 Å². The van der Waals surface area contributed by atoms with Gasteiger partial charge < -0.3 is 4.74 Å². The van der Waals surface area contributed by atoms with Crippen molar-refractivity contribution in [3.63, 3.8) is 0 Å². The predicted molar refractivity (Wildman–Crippen MR) is 62.1 cm³/mol. The summed E-state index contributed by atoms with van der Waals surface area (Å²) in [5, 5.41) is 4.17. The Hall–Kier alpha value is -0.220. The van der Waals surface area contributed by atoms with Crippen molar-refractivity contribution >= 4 is 17.7 Å². The van der Waals surface area contributed by atoms with Crippen LogP contribution in [-0.4, -0.2) is 36.2 Å². The van der Waals surface area contributed by atoms with Crippen LogP contribution in [0.15, 0.2) is 0 Å². The number of hydrogen-bond donors (Lipinski definition) is 1. The van der Waals surface area contributed by atoms with E-state index in [4.69, 9.17) is 4.74 Å². The molecule has 0 aromatic rings. The zero-order chi connectivity index (χ0) is 10.7. The summed E-state index contributed by atoms with van der Waals surface area (Å²) < 4.78 is 4.79. The lowest BCUT2D eigenvalue weighted by Gasteiger charge is -2.34. The molecule has 0 amide bonds. The second-order valence-electron chi connectivity index (χ2n) is 4.36. The molecule has 1 N–H and O–H groups in total. The molecule has 0 aromatic heterocycles. The molecule has 0 bridgehead atoms. The molecule has 3 atom stereocenters. The number of carbonyl (C=O) groups is 1. The molecule has 1 aliphatic heterocycles. The number of esters is 1. The standard InChI is InChI=1S/C11H19NO2S/c1-14-11(13)9-7-15-10-6-4-2-3-5-8(10)12-9/h8-10,12H,2-7H2,1H3. The van der Waals surface area contributed by atoms with Gasteiger partial charge in [-0.3, -0.25) is 10.1 Å². The van der Waals surface area contributed by atoms with E-state index in [1.807, 2.05) is 11.8 Å². The van der Waals surface area contributed by atoms with E-state index in [0.717, 1.165) is 5.75 Å². The molecule has 4 heteroatoms. The Bertz CT molecular complexity index is 235. The number of methoxy groups -OCH3 is 1. The van der Waals surface area contributed by atoms with E-state index >= 15 is 0 Å². The molecule has 1 saturated carbocycles. The maximum Gasteiger partial charge on any atom is 0.323 e. The first-order valence-corrected chi connectivity index (χ1v) is 6.81. The van der Waals surface area contributed by atoms with Crippen molar-refractivity contribution in [2.75, 3.05) is 12.9 Å². The summed E-state index contributed by atoms with van der Waals surface area (Å²) in [6.07, 6.45) is 6.50. The fraction of sp³-hybridized carbons (Fsp3) is 0.909. The smallest absolute Gasteiger partial charge is 0.323 e. The highest BCUT2D eigenvalue weighted by atomic mass is 32.2. The summed E-state index contributed by atoms with van der Waals surface area (Å²) in [5.74, 6) is 0.763. The van der Waals surface area contributed by atoms with Gasteiger partial charge in [0.05, 0.1) is 7.11 Å². The third-order valence-electron chi connectivity index (χ3n) is 3.33. The Labute approximate surface area is 95.3 Å². The number of rotatable bonds is 1. The van der Waals surface area contributed by atoms with Crippen molar-refractivity contribution in [3.8, 4) is 0 Å². The Morgan fingerprint density at radius 1 is 1.33 bits per heavy atom. The van der Waals surface area contributed by atoms with Crippen LogP contribution in [0.25, 0.3) is 0 Å². The summed E-state index contributed by atoms with van der Waals surface area (Å²) in [6.45, 7) is 0. The maximum atomic E-state index is 11.4. The molecule has 0 radical (unpaired) electrons. The third-order valence-corrected chi connectivity index (χ3v) is 4.85. The second-order valence-corrected chi connectivity index (χ2v) is 5.63. The molecule has 2 fully saturated rings. The zero-order valence-electron chi connectivity index (χ0n) is 9.20. The fourth-order valence-corrected chi connectivity index (χ4v) is 3.92. The van der Waals surface area contributed by atoms with E-state index in [9.17, 15) is 4.79 Å². The van der Waals surface area contributed by atoms with Crippen LogP contribution in [0.4, 0.5) is 0 Å². The summed E-state index contributed by atoms with van der Waals surface area (Å²) >= 11 is 1.95. The van der Waals surface area contributed by atoms with Crippen LogP contribution >= 0.6 is 11.8 Å². The molecule has 86 valence electrons. The van der Waals surface area contributed by atoms with Crippen molar-refractivity contribution < 1.29 is 9.53 Å². The molecule has 3 unspecified atom stereocenters. The van der Waals surface area contributed by atoms with Gasteiger partial charge in [-0.1, -0.05) is 19.3 Å². The van der Waals surface area contributed by atoms with Gasteiger partial charge in [0.2, 0.25) is 0 Å². The van der Waals surface area contributed by atoms with Gasteiger partial charge in [-0.05, 0) is 12.8 Å². The average molecular weight is 229 g/mol. The van der Waals surface area contributed by atoms with E-state index in [1.54, 1.807) is 0 Å². The summed E-state index contributed by atoms with van der Waals surface area (Å²) in [5.41, 5.74) is 0. The Balaban J connectivity index is 1.94. The van der Waals surface area contributed by atoms with Gasteiger partial charge in [0.1, 0.15) is 6.04 Å². The summed E-state index contributed by atoms with van der Waals surface area (Å²) in [6, 6.07) is 0.440. The highest BCUT2D eigenvalue weighted by Gasteiger charge is 2.34. The lowest BCUT2D eigenvalue weighted by molar-refractivity contribution is -0.142. The van der Waals surface area contributed by atoms with Crippen LogP contribution in [-0.2, 0) is 9.53 Å². The molecular formula is C11H19NO2S. The van der Waals surface area contributed by atoms with Gasteiger partial charge in [-0.2, -0.15) is 11.8 Å². The lowest BCUT2D eigenvalue weighted by atomic mass is 10.1. The predicted octanol–water partition coefficient (Wildman–Crippen LogP) is 1.57. The number of hydrogen-bond acceptors (Lipinski definition) is 4. The van der Waals surface area contributed by atoms with Crippen LogP contribution in [0, 0.1) is 0 Å². The Morgan fingerprint density at radius 3 is 2.93 bits per heavy atom. The molecule has 0 aromatic carbocycles. The minimum absolute atomic E-state index is 0.0839. The van der Waals surface area contributed by atoms with Crippen molar-refractivity contribution in [1.29, 1.82) is 0 Å². The van der Waals surface area contributed by atoms with Crippen molar-refractivity contribution in [2.24, 2.45) is 0 Å². The van der Waals surface area contributed by atoms with Gasteiger partial charge in [0.15, 0.2) is 0 Å². The Morgan fingerprint density at radius 2 is 2.13 bits per heavy atom. The number of ether oxygens (including phenoxy) is 1. The third kappa shape index (κ3) is 2.67. The van der Waals surface area contributed by atoms with Crippen LogP contribution < -0.4 is 5.32 Å². The van der Waals surface area contributed by atoms with Crippen molar-refractivity contribution in [1.82, 2.24) is 5.32 Å². The molecule has 2 rings (SSSR count). The van der Waals surface area contributed by atoms with Crippen LogP contribution in [0.5, 0.6) is 0 Å². The molecule has 2 aliphatic rings. The summed E-state index contributed by atoms with van der Waals surface area (Å²) in [4.78, 5) is 11.4. The quantitative estimate of drug-likeness (QED) is 0.693. The zero-order valence-corrected chi connectivity index (χ0v) is 10.0. The molecule has 0 spiro atoms. The highest BCUT2D eigenvalue weighted by molar-refractivity contribution is 8.00. The molecule has 1 heterocycles. The van der Waals surface area contributed by atoms with Gasteiger partial charge >= 0.3 is 5.97 Å². The first kappa shape index (κ1) is 11.3. The van der Waals surface area contributed by atoms with Gasteiger partial charge in [-0.15, -0.1) is 0 Å². The van der Waals surface area contributed by atoms with Gasteiger partial charge in [0, 0.05) is 17.0 Å². The molecular weight excluding hydrogens is 210 g/mol. The summed E-state index contributed by atoms with van der Waals surface area (Å²) in [7, 11) is 1.47. The van der Waals surface area contributed by atoms with Crippen molar-refractivity contribution in [2.45, 2.75) is 49.4 Å². The van der Waals surface area contributed by atoms with E-state index in [1.165, 1.54) is 39.2 Å². The number of nitrogens with one attached hydrogen (secondary N) is 1. The normalized spacial score (nSPS) is 36.5. The number of thioether (sulfide) groups is 1. The van der Waals surface area contributed by atoms with E-state index < -0.39 is 0 Å². The van der Waals surface area contributed by atoms with E-state index in [2.05, 4.69) is 5.32 Å². The van der Waals surface area contributed by atoms with E-state index in [0.29, 0.717) is 11.3 Å². The number of fused-ring (bicyclic) bond motifs is 1. The topological polar surface area (TPSA) is 38.3 Å². The van der Waals surface area contributed by atoms with Gasteiger partial charge in [0.25, 0.3) is 0 Å². The molecule has 15 heavy (non-hydrogen) atoms. The number of carbonyl (C=O) groups excluding carboxylic acids is 1. The van der Waals surface area contributed by atoms with Crippen LogP contribution in [0.3, 0.4) is 0 Å². The molecule has 3 nitrogen and oxygen atoms in total. The molecule has 1 saturated heterocycles. The Kier molecular flexibility index (Phi) is 3.92. The molecule has 1 aliphatic carbocycles. The van der Waals surface area contributed by atoms with Crippen molar-refractivity contribution in [3.05, 3.63) is 0 Å². The average Bonchev–Trinajstić information content (AvgIpc) is 2.51. The minimum atomic E-state index is -0.106. The van der Waals surface area contributed by atoms with E-state index in [-0.39, 0.29) is 12.0 Å². The first-order valence-electron chi connectivity index (χ1n) is 5.76. The first-order chi connectivity index (χ1) is 7.31. The lowest BCUT2D eigenvalue weighted by Crippen LogP contribution is -2.53. The van der Waals surface area contributed by atoms with Crippen LogP contribution in [0.2, 0.25) is 0 Å². The fourth-order valence-electron chi connectivity index (χ4n) is 2.47. The SMILES string of the molecule is COC(=O)C1CSC2CCCCCC2N1. The largest absolute Gasteiger partial charge is 0.468 e. The minimum Gasteiger partial charge on any atom is -0.468 e. The maximum absolute atomic E-state index is 11.4. The monoisotopic (exact) mass is 229 g/mol. The highest BCUT2D eigenvalue weighted by Crippen LogP contribution is 2.31. The second kappa shape index (κ2) is 5.21. The van der Waals surface area contributed by atoms with Gasteiger partial charge in [-0.25, -0.2) is 0 Å².